The van der Waals surface area contributed by atoms with Gasteiger partial charge in [-0.3, -0.25) is 0 Å². The number of halogens is 3. The topological polar surface area (TPSA) is 12.5 Å². The van der Waals surface area contributed by atoms with Crippen LogP contribution in [0.15, 0.2) is 72.8 Å². The van der Waals surface area contributed by atoms with Crippen LogP contribution in [0.3, 0.4) is 0 Å². The molecular formula is C28H26ClF2NO. The predicted octanol–water partition coefficient (Wildman–Crippen LogP) is 6.91. The minimum absolute atomic E-state index is 0.104. The Morgan fingerprint density at radius 2 is 1.52 bits per heavy atom. The molecule has 33 heavy (non-hydrogen) atoms. The standard InChI is InChI=1S/C28H26ClF2NO/c29-23-7-12-27-22(18-23)19-28(33-27)13-16-32(17-14-28)15-1-2-26(20-3-8-24(30)9-4-20)21-5-10-25(31)11-6-21/h2-12,18H,1,13-17,19H2. The van der Waals surface area contributed by atoms with E-state index in [4.69, 9.17) is 16.3 Å². The van der Waals surface area contributed by atoms with Crippen molar-refractivity contribution in [1.29, 1.82) is 0 Å². The Morgan fingerprint density at radius 1 is 0.909 bits per heavy atom. The molecule has 0 amide bonds. The van der Waals surface area contributed by atoms with Crippen LogP contribution in [0.2, 0.25) is 5.02 Å². The van der Waals surface area contributed by atoms with Crippen LogP contribution < -0.4 is 4.74 Å². The van der Waals surface area contributed by atoms with Crippen LogP contribution in [0.4, 0.5) is 8.78 Å². The number of piperidine rings is 1. The molecule has 0 atom stereocenters. The molecule has 0 bridgehead atoms. The summed E-state index contributed by atoms with van der Waals surface area (Å²) in [6, 6.07) is 18.8. The summed E-state index contributed by atoms with van der Waals surface area (Å²) in [6.07, 6.45) is 5.94. The summed E-state index contributed by atoms with van der Waals surface area (Å²) in [5.41, 5.74) is 3.96. The lowest BCUT2D eigenvalue weighted by molar-refractivity contribution is 0.0200. The van der Waals surface area contributed by atoms with E-state index in [1.807, 2.05) is 18.2 Å². The molecule has 5 heteroatoms. The van der Waals surface area contributed by atoms with Gasteiger partial charge < -0.3 is 9.64 Å². The molecule has 2 heterocycles. The Hall–Kier alpha value is -2.69. The van der Waals surface area contributed by atoms with Crippen molar-refractivity contribution in [3.63, 3.8) is 0 Å². The molecule has 0 N–H and O–H groups in total. The molecule has 0 radical (unpaired) electrons. The molecule has 0 aliphatic carbocycles. The Bertz CT molecular complexity index is 1100. The number of fused-ring (bicyclic) bond motifs is 1. The third-order valence-corrected chi connectivity index (χ3v) is 6.97. The lowest BCUT2D eigenvalue weighted by Crippen LogP contribution is -2.47. The third kappa shape index (κ3) is 4.97. The van der Waals surface area contributed by atoms with Crippen molar-refractivity contribution in [2.75, 3.05) is 19.6 Å². The first kappa shape index (κ1) is 22.1. The van der Waals surface area contributed by atoms with Gasteiger partial charge in [0, 0.05) is 43.9 Å². The first-order valence-corrected chi connectivity index (χ1v) is 11.8. The maximum atomic E-state index is 13.4. The normalized spacial score (nSPS) is 16.9. The summed E-state index contributed by atoms with van der Waals surface area (Å²) in [5, 5.41) is 0.761. The first-order chi connectivity index (χ1) is 16.0. The highest BCUT2D eigenvalue weighted by molar-refractivity contribution is 6.30. The molecule has 0 aromatic heterocycles. The Balaban J connectivity index is 1.23. The van der Waals surface area contributed by atoms with Gasteiger partial charge in [-0.15, -0.1) is 0 Å². The molecule has 0 saturated carbocycles. The molecule has 2 aliphatic heterocycles. The Labute approximate surface area is 198 Å². The molecule has 3 aromatic carbocycles. The van der Waals surface area contributed by atoms with Crippen LogP contribution >= 0.6 is 11.6 Å². The van der Waals surface area contributed by atoms with E-state index in [9.17, 15) is 8.78 Å². The van der Waals surface area contributed by atoms with E-state index in [2.05, 4.69) is 11.0 Å². The number of rotatable bonds is 5. The van der Waals surface area contributed by atoms with E-state index >= 15 is 0 Å². The molecule has 1 spiro atoms. The largest absolute Gasteiger partial charge is 0.487 e. The molecule has 3 aromatic rings. The number of likely N-dealkylation sites (tertiary alicyclic amines) is 1. The number of nitrogens with zero attached hydrogens (tertiary/aromatic N) is 1. The van der Waals surface area contributed by atoms with E-state index in [1.54, 1.807) is 24.3 Å². The Morgan fingerprint density at radius 3 is 2.12 bits per heavy atom. The fraction of sp³-hybridized carbons (Fsp3) is 0.286. The zero-order chi connectivity index (χ0) is 22.8. The summed E-state index contributed by atoms with van der Waals surface area (Å²) in [5.74, 6) is 0.440. The predicted molar refractivity (Wildman–Crippen MR) is 129 cm³/mol. The first-order valence-electron chi connectivity index (χ1n) is 11.4. The lowest BCUT2D eigenvalue weighted by Gasteiger charge is -2.38. The molecule has 1 fully saturated rings. The van der Waals surface area contributed by atoms with Gasteiger partial charge in [0.25, 0.3) is 0 Å². The third-order valence-electron chi connectivity index (χ3n) is 6.73. The van der Waals surface area contributed by atoms with Gasteiger partial charge in [0.1, 0.15) is 23.0 Å². The van der Waals surface area contributed by atoms with Crippen LogP contribution in [-0.2, 0) is 6.42 Å². The molecule has 170 valence electrons. The lowest BCUT2D eigenvalue weighted by atomic mass is 9.87. The smallest absolute Gasteiger partial charge is 0.123 e. The van der Waals surface area contributed by atoms with Crippen molar-refractivity contribution < 1.29 is 13.5 Å². The molecule has 1 saturated heterocycles. The fourth-order valence-electron chi connectivity index (χ4n) is 4.92. The van der Waals surface area contributed by atoms with Crippen molar-refractivity contribution in [1.82, 2.24) is 4.90 Å². The van der Waals surface area contributed by atoms with Crippen LogP contribution in [0.25, 0.3) is 5.57 Å². The van der Waals surface area contributed by atoms with Gasteiger partial charge in [0.05, 0.1) is 0 Å². The Kier molecular flexibility index (Phi) is 6.22. The second-order valence-corrected chi connectivity index (χ2v) is 9.41. The van der Waals surface area contributed by atoms with Crippen molar-refractivity contribution in [2.24, 2.45) is 0 Å². The number of ether oxygens (including phenoxy) is 1. The molecule has 0 unspecified atom stereocenters. The minimum atomic E-state index is -0.266. The number of benzene rings is 3. The average molecular weight is 466 g/mol. The summed E-state index contributed by atoms with van der Waals surface area (Å²) in [7, 11) is 0. The highest BCUT2D eigenvalue weighted by Crippen LogP contribution is 2.42. The number of hydrogen-bond donors (Lipinski definition) is 0. The molecule has 5 rings (SSSR count). The summed E-state index contributed by atoms with van der Waals surface area (Å²) >= 11 is 6.15. The van der Waals surface area contributed by atoms with E-state index in [1.165, 1.54) is 29.8 Å². The van der Waals surface area contributed by atoms with E-state index in [0.29, 0.717) is 0 Å². The molecular weight excluding hydrogens is 440 g/mol. The fourth-order valence-corrected chi connectivity index (χ4v) is 5.11. The SMILES string of the molecule is Fc1ccc(C(=CCCN2CCC3(CC2)Cc2cc(Cl)ccc2O3)c2ccc(F)cc2)cc1. The van der Waals surface area contributed by atoms with Crippen molar-refractivity contribution in [2.45, 2.75) is 31.3 Å². The second-order valence-electron chi connectivity index (χ2n) is 8.98. The zero-order valence-electron chi connectivity index (χ0n) is 18.4. The average Bonchev–Trinajstić information content (AvgIpc) is 3.16. The monoisotopic (exact) mass is 465 g/mol. The minimum Gasteiger partial charge on any atom is -0.487 e. The zero-order valence-corrected chi connectivity index (χ0v) is 19.1. The van der Waals surface area contributed by atoms with Crippen molar-refractivity contribution in [3.8, 4) is 5.75 Å². The van der Waals surface area contributed by atoms with Gasteiger partial charge in [0.15, 0.2) is 0 Å². The summed E-state index contributed by atoms with van der Waals surface area (Å²) in [4.78, 5) is 2.47. The van der Waals surface area contributed by atoms with Gasteiger partial charge in [0.2, 0.25) is 0 Å². The van der Waals surface area contributed by atoms with Gasteiger partial charge in [-0.2, -0.15) is 0 Å². The van der Waals surface area contributed by atoms with Crippen molar-refractivity contribution in [3.05, 3.63) is 106 Å². The quantitative estimate of drug-likeness (QED) is 0.406. The highest BCUT2D eigenvalue weighted by atomic mass is 35.5. The maximum Gasteiger partial charge on any atom is 0.123 e. The van der Waals surface area contributed by atoms with Gasteiger partial charge in [-0.05, 0) is 71.1 Å². The summed E-state index contributed by atoms with van der Waals surface area (Å²) in [6.45, 7) is 2.90. The molecule has 2 aliphatic rings. The van der Waals surface area contributed by atoms with Crippen LogP contribution in [0.5, 0.6) is 5.75 Å². The van der Waals surface area contributed by atoms with Crippen LogP contribution in [-0.4, -0.2) is 30.1 Å². The maximum absolute atomic E-state index is 13.4. The number of hydrogen-bond acceptors (Lipinski definition) is 2. The van der Waals surface area contributed by atoms with Gasteiger partial charge >= 0.3 is 0 Å². The highest BCUT2D eigenvalue weighted by Gasteiger charge is 2.41. The van der Waals surface area contributed by atoms with Crippen LogP contribution in [0.1, 0.15) is 36.0 Å². The second kappa shape index (κ2) is 9.28. The van der Waals surface area contributed by atoms with Gasteiger partial charge in [-0.1, -0.05) is 41.9 Å². The molecule has 2 nitrogen and oxygen atoms in total. The van der Waals surface area contributed by atoms with E-state index in [0.717, 1.165) is 72.8 Å². The van der Waals surface area contributed by atoms with E-state index < -0.39 is 0 Å². The van der Waals surface area contributed by atoms with Crippen LogP contribution in [0, 0.1) is 11.6 Å². The van der Waals surface area contributed by atoms with Gasteiger partial charge in [-0.25, -0.2) is 8.78 Å². The van der Waals surface area contributed by atoms with Crippen molar-refractivity contribution >= 4 is 17.2 Å². The van der Waals surface area contributed by atoms with E-state index in [-0.39, 0.29) is 17.2 Å². The summed E-state index contributed by atoms with van der Waals surface area (Å²) < 4.78 is 33.2.